The fraction of sp³-hybridized carbons (Fsp3) is 0.444. The molecule has 70 valence electrons. The molecular weight excluding hydrogens is 182 g/mol. The normalized spacial score (nSPS) is 17.5. The maximum Gasteiger partial charge on any atom is 0.128 e. The molecule has 1 aliphatic rings. The molecule has 13 heavy (non-hydrogen) atoms. The van der Waals surface area contributed by atoms with Crippen molar-refractivity contribution < 1.29 is 0 Å². The first kappa shape index (κ1) is 8.84. The molecule has 0 unspecified atom stereocenters. The molecule has 0 aromatic carbocycles. The molecule has 0 radical (unpaired) electrons. The largest absolute Gasteiger partial charge is 0.354 e. The van der Waals surface area contributed by atoms with Crippen LogP contribution in [0.15, 0.2) is 23.2 Å². The lowest BCUT2D eigenvalue weighted by Crippen LogP contribution is -2.43. The predicted octanol–water partition coefficient (Wildman–Crippen LogP) is 0.780. The quantitative estimate of drug-likeness (QED) is 0.649. The second kappa shape index (κ2) is 3.98. The molecule has 1 N–H and O–H groups in total. The van der Waals surface area contributed by atoms with Gasteiger partial charge in [-0.3, -0.25) is 0 Å². The van der Waals surface area contributed by atoms with E-state index in [9.17, 15) is 0 Å². The molecule has 3 nitrogen and oxygen atoms in total. The van der Waals surface area contributed by atoms with Crippen LogP contribution in [-0.2, 0) is 0 Å². The highest BCUT2D eigenvalue weighted by molar-refractivity contribution is 7.80. The Balaban J connectivity index is 2.10. The van der Waals surface area contributed by atoms with Gasteiger partial charge in [-0.05, 0) is 12.1 Å². The molecule has 0 atom stereocenters. The molecule has 0 amide bonds. The Morgan fingerprint density at radius 1 is 1.31 bits per heavy atom. The monoisotopic (exact) mass is 195 g/mol. The SMILES string of the molecule is Sc1ccc(N2CCNCC2)nc1. The first-order valence-electron chi connectivity index (χ1n) is 4.47. The van der Waals surface area contributed by atoms with Crippen LogP contribution >= 0.6 is 12.6 Å². The summed E-state index contributed by atoms with van der Waals surface area (Å²) in [5.41, 5.74) is 0. The second-order valence-electron chi connectivity index (χ2n) is 3.11. The smallest absolute Gasteiger partial charge is 0.128 e. The van der Waals surface area contributed by atoms with Gasteiger partial charge in [-0.25, -0.2) is 4.98 Å². The molecule has 1 aliphatic heterocycles. The Morgan fingerprint density at radius 3 is 2.69 bits per heavy atom. The second-order valence-corrected chi connectivity index (χ2v) is 3.63. The zero-order chi connectivity index (χ0) is 9.10. The van der Waals surface area contributed by atoms with E-state index in [0.717, 1.165) is 36.9 Å². The van der Waals surface area contributed by atoms with E-state index >= 15 is 0 Å². The van der Waals surface area contributed by atoms with Crippen molar-refractivity contribution in [3.8, 4) is 0 Å². The Morgan fingerprint density at radius 2 is 2.08 bits per heavy atom. The van der Waals surface area contributed by atoms with E-state index in [1.165, 1.54) is 0 Å². The number of nitrogens with zero attached hydrogens (tertiary/aromatic N) is 2. The molecule has 1 saturated heterocycles. The summed E-state index contributed by atoms with van der Waals surface area (Å²) in [6, 6.07) is 4.00. The summed E-state index contributed by atoms with van der Waals surface area (Å²) in [6.07, 6.45) is 1.79. The topological polar surface area (TPSA) is 28.2 Å². The van der Waals surface area contributed by atoms with Crippen molar-refractivity contribution in [2.45, 2.75) is 4.90 Å². The lowest BCUT2D eigenvalue weighted by molar-refractivity contribution is 0.585. The summed E-state index contributed by atoms with van der Waals surface area (Å²) in [7, 11) is 0. The standard InChI is InChI=1S/C9H13N3S/c13-8-1-2-9(11-7-8)12-5-3-10-4-6-12/h1-2,7,10,13H,3-6H2. The maximum absolute atomic E-state index is 4.32. The molecule has 4 heteroatoms. The van der Waals surface area contributed by atoms with Gasteiger partial charge in [0.2, 0.25) is 0 Å². The zero-order valence-electron chi connectivity index (χ0n) is 7.40. The van der Waals surface area contributed by atoms with E-state index in [0.29, 0.717) is 0 Å². The molecular formula is C9H13N3S. The van der Waals surface area contributed by atoms with E-state index in [1.807, 2.05) is 12.1 Å². The van der Waals surface area contributed by atoms with Crippen molar-refractivity contribution in [3.05, 3.63) is 18.3 Å². The summed E-state index contributed by atoms with van der Waals surface area (Å²) in [5, 5.41) is 3.31. The van der Waals surface area contributed by atoms with Crippen LogP contribution in [0.3, 0.4) is 0 Å². The van der Waals surface area contributed by atoms with Crippen molar-refractivity contribution in [2.24, 2.45) is 0 Å². The van der Waals surface area contributed by atoms with Crippen LogP contribution in [0, 0.1) is 0 Å². The molecule has 0 bridgehead atoms. The van der Waals surface area contributed by atoms with Gasteiger partial charge in [-0.1, -0.05) is 0 Å². The lowest BCUT2D eigenvalue weighted by atomic mass is 10.3. The minimum atomic E-state index is 0.916. The summed E-state index contributed by atoms with van der Waals surface area (Å²) < 4.78 is 0. The third kappa shape index (κ3) is 2.14. The van der Waals surface area contributed by atoms with Crippen LogP contribution < -0.4 is 10.2 Å². The van der Waals surface area contributed by atoms with Gasteiger partial charge in [0.05, 0.1) is 0 Å². The van der Waals surface area contributed by atoms with E-state index in [4.69, 9.17) is 0 Å². The summed E-state index contributed by atoms with van der Waals surface area (Å²) >= 11 is 4.20. The number of rotatable bonds is 1. The molecule has 0 aliphatic carbocycles. The van der Waals surface area contributed by atoms with Crippen molar-refractivity contribution in [3.63, 3.8) is 0 Å². The Bertz CT molecular complexity index is 267. The first-order chi connectivity index (χ1) is 6.36. The van der Waals surface area contributed by atoms with E-state index < -0.39 is 0 Å². The highest BCUT2D eigenvalue weighted by atomic mass is 32.1. The number of anilines is 1. The highest BCUT2D eigenvalue weighted by Crippen LogP contribution is 2.13. The van der Waals surface area contributed by atoms with Crippen LogP contribution in [0.1, 0.15) is 0 Å². The molecule has 2 rings (SSSR count). The van der Waals surface area contributed by atoms with Crippen LogP contribution in [0.4, 0.5) is 5.82 Å². The van der Waals surface area contributed by atoms with Gasteiger partial charge in [0.25, 0.3) is 0 Å². The summed E-state index contributed by atoms with van der Waals surface area (Å²) in [4.78, 5) is 7.52. The third-order valence-corrected chi connectivity index (χ3v) is 2.44. The number of thiol groups is 1. The average molecular weight is 195 g/mol. The van der Waals surface area contributed by atoms with Gasteiger partial charge in [-0.15, -0.1) is 12.6 Å². The van der Waals surface area contributed by atoms with Gasteiger partial charge < -0.3 is 10.2 Å². The number of pyridine rings is 1. The van der Waals surface area contributed by atoms with E-state index in [-0.39, 0.29) is 0 Å². The van der Waals surface area contributed by atoms with Crippen LogP contribution in [0.25, 0.3) is 0 Å². The minimum absolute atomic E-state index is 0.916. The van der Waals surface area contributed by atoms with Crippen molar-refractivity contribution in [1.82, 2.24) is 10.3 Å². The van der Waals surface area contributed by atoms with E-state index in [2.05, 4.69) is 27.8 Å². The lowest BCUT2D eigenvalue weighted by Gasteiger charge is -2.28. The highest BCUT2D eigenvalue weighted by Gasteiger charge is 2.10. The predicted molar refractivity (Wildman–Crippen MR) is 56.6 cm³/mol. The maximum atomic E-state index is 4.32. The summed E-state index contributed by atoms with van der Waals surface area (Å²) in [6.45, 7) is 4.17. The Labute approximate surface area is 83.6 Å². The average Bonchev–Trinajstić information content (AvgIpc) is 2.20. The number of nitrogens with one attached hydrogen (secondary N) is 1. The van der Waals surface area contributed by atoms with Crippen molar-refractivity contribution in [2.75, 3.05) is 31.1 Å². The molecule has 2 heterocycles. The van der Waals surface area contributed by atoms with Gasteiger partial charge in [-0.2, -0.15) is 0 Å². The Kier molecular flexibility index (Phi) is 2.71. The molecule has 1 fully saturated rings. The first-order valence-corrected chi connectivity index (χ1v) is 4.92. The third-order valence-electron chi connectivity index (χ3n) is 2.17. The molecule has 0 saturated carbocycles. The van der Waals surface area contributed by atoms with Gasteiger partial charge >= 0.3 is 0 Å². The fourth-order valence-electron chi connectivity index (χ4n) is 1.46. The fourth-order valence-corrected chi connectivity index (χ4v) is 1.59. The summed E-state index contributed by atoms with van der Waals surface area (Å²) in [5.74, 6) is 1.05. The van der Waals surface area contributed by atoms with Crippen LogP contribution in [0.2, 0.25) is 0 Å². The van der Waals surface area contributed by atoms with Gasteiger partial charge in [0, 0.05) is 37.3 Å². The van der Waals surface area contributed by atoms with E-state index in [1.54, 1.807) is 6.20 Å². The van der Waals surface area contributed by atoms with Crippen LogP contribution in [0.5, 0.6) is 0 Å². The van der Waals surface area contributed by atoms with Crippen molar-refractivity contribution >= 4 is 18.4 Å². The zero-order valence-corrected chi connectivity index (χ0v) is 8.30. The number of piperazine rings is 1. The Hall–Kier alpha value is -0.740. The van der Waals surface area contributed by atoms with Gasteiger partial charge in [0.15, 0.2) is 0 Å². The molecule has 1 aromatic heterocycles. The number of hydrogen-bond donors (Lipinski definition) is 2. The number of hydrogen-bond acceptors (Lipinski definition) is 4. The molecule has 1 aromatic rings. The molecule has 0 spiro atoms. The van der Waals surface area contributed by atoms with Crippen molar-refractivity contribution in [1.29, 1.82) is 0 Å². The van der Waals surface area contributed by atoms with Gasteiger partial charge in [0.1, 0.15) is 5.82 Å². The number of aromatic nitrogens is 1. The van der Waals surface area contributed by atoms with Crippen LogP contribution in [-0.4, -0.2) is 31.2 Å². The minimum Gasteiger partial charge on any atom is -0.354 e.